The molecule has 3 rings (SSSR count). The zero-order chi connectivity index (χ0) is 19.4. The van der Waals surface area contributed by atoms with Gasteiger partial charge in [-0.05, 0) is 57.0 Å². The number of nitrogens with one attached hydrogen (secondary N) is 2. The molecule has 144 valence electrons. The maximum atomic E-state index is 12.5. The quantitative estimate of drug-likeness (QED) is 0.836. The average Bonchev–Trinajstić information content (AvgIpc) is 3.01. The molecule has 0 unspecified atom stereocenters. The van der Waals surface area contributed by atoms with Crippen LogP contribution in [-0.2, 0) is 4.79 Å². The van der Waals surface area contributed by atoms with Gasteiger partial charge in [0.15, 0.2) is 0 Å². The first-order chi connectivity index (χ1) is 13.0. The second-order valence-electron chi connectivity index (χ2n) is 7.08. The Balaban J connectivity index is 1.54. The van der Waals surface area contributed by atoms with Gasteiger partial charge in [-0.15, -0.1) is 0 Å². The van der Waals surface area contributed by atoms with Gasteiger partial charge in [0.2, 0.25) is 5.91 Å². The first-order valence-electron chi connectivity index (χ1n) is 9.34. The number of amides is 2. The lowest BCUT2D eigenvalue weighted by atomic mass is 10.0. The average molecular weight is 369 g/mol. The first kappa shape index (κ1) is 19.1. The van der Waals surface area contributed by atoms with E-state index in [4.69, 9.17) is 0 Å². The number of rotatable bonds is 5. The third-order valence-corrected chi connectivity index (χ3v) is 4.95. The Morgan fingerprint density at radius 2 is 1.81 bits per heavy atom. The van der Waals surface area contributed by atoms with Crippen molar-refractivity contribution in [2.24, 2.45) is 0 Å². The van der Waals surface area contributed by atoms with Crippen LogP contribution < -0.4 is 10.6 Å². The summed E-state index contributed by atoms with van der Waals surface area (Å²) in [5.74, 6) is -0.0279. The van der Waals surface area contributed by atoms with Crippen LogP contribution in [0.1, 0.15) is 34.6 Å². The molecule has 1 aliphatic rings. The zero-order valence-electron chi connectivity index (χ0n) is 16.2. The Morgan fingerprint density at radius 3 is 2.37 bits per heavy atom. The molecule has 2 heterocycles. The normalized spacial score (nSPS) is 15.5. The van der Waals surface area contributed by atoms with Crippen molar-refractivity contribution in [3.8, 4) is 5.69 Å². The minimum atomic E-state index is -0.0559. The monoisotopic (exact) mass is 369 g/mol. The van der Waals surface area contributed by atoms with Crippen LogP contribution in [0.5, 0.6) is 0 Å². The number of aromatic nitrogens is 2. The molecule has 0 atom stereocenters. The van der Waals surface area contributed by atoms with Crippen molar-refractivity contribution in [3.63, 3.8) is 0 Å². The molecule has 1 saturated heterocycles. The van der Waals surface area contributed by atoms with Crippen molar-refractivity contribution in [1.29, 1.82) is 0 Å². The molecule has 0 bridgehead atoms. The Kier molecular flexibility index (Phi) is 5.91. The van der Waals surface area contributed by atoms with Crippen molar-refractivity contribution in [2.45, 2.75) is 32.7 Å². The van der Waals surface area contributed by atoms with E-state index in [1.54, 1.807) is 7.05 Å². The van der Waals surface area contributed by atoms with Crippen LogP contribution in [-0.4, -0.2) is 59.2 Å². The number of carbonyl (C=O) groups is 2. The number of carbonyl (C=O) groups excluding carboxylic acids is 2. The predicted octanol–water partition coefficient (Wildman–Crippen LogP) is 1.43. The highest BCUT2D eigenvalue weighted by Crippen LogP contribution is 2.14. The number of hydrogen-bond acceptors (Lipinski definition) is 4. The van der Waals surface area contributed by atoms with E-state index in [0.717, 1.165) is 43.0 Å². The molecule has 1 aromatic heterocycles. The highest BCUT2D eigenvalue weighted by molar-refractivity contribution is 5.94. The van der Waals surface area contributed by atoms with Crippen molar-refractivity contribution in [3.05, 3.63) is 47.3 Å². The van der Waals surface area contributed by atoms with Gasteiger partial charge in [-0.2, -0.15) is 5.10 Å². The molecule has 2 amide bonds. The first-order valence-corrected chi connectivity index (χ1v) is 9.34. The van der Waals surface area contributed by atoms with Crippen molar-refractivity contribution < 1.29 is 9.59 Å². The number of nitrogens with zero attached hydrogens (tertiary/aromatic N) is 3. The van der Waals surface area contributed by atoms with Gasteiger partial charge in [0, 0.05) is 37.4 Å². The predicted molar refractivity (Wildman–Crippen MR) is 104 cm³/mol. The molecule has 1 aromatic carbocycles. The molecule has 2 N–H and O–H groups in total. The van der Waals surface area contributed by atoms with Crippen LogP contribution in [0.3, 0.4) is 0 Å². The van der Waals surface area contributed by atoms with Gasteiger partial charge in [0.25, 0.3) is 5.91 Å². The third-order valence-electron chi connectivity index (χ3n) is 4.95. The molecule has 2 aromatic rings. The highest BCUT2D eigenvalue weighted by atomic mass is 16.2. The largest absolute Gasteiger partial charge is 0.358 e. The second-order valence-corrected chi connectivity index (χ2v) is 7.08. The summed E-state index contributed by atoms with van der Waals surface area (Å²) >= 11 is 0. The molecule has 7 heteroatoms. The molecule has 7 nitrogen and oxygen atoms in total. The molecule has 1 aliphatic heterocycles. The van der Waals surface area contributed by atoms with Crippen molar-refractivity contribution >= 4 is 11.8 Å². The Bertz CT molecular complexity index is 804. The summed E-state index contributed by atoms with van der Waals surface area (Å²) in [6.07, 6.45) is 1.71. The second kappa shape index (κ2) is 8.35. The fourth-order valence-electron chi connectivity index (χ4n) is 3.43. The van der Waals surface area contributed by atoms with Crippen LogP contribution >= 0.6 is 0 Å². The number of likely N-dealkylation sites (N-methyl/N-ethyl adjacent to an activating group) is 1. The van der Waals surface area contributed by atoms with E-state index in [-0.39, 0.29) is 17.9 Å². The summed E-state index contributed by atoms with van der Waals surface area (Å²) in [5, 5.41) is 10.2. The van der Waals surface area contributed by atoms with E-state index in [1.807, 2.05) is 48.9 Å². The van der Waals surface area contributed by atoms with Crippen molar-refractivity contribution in [1.82, 2.24) is 25.3 Å². The molecule has 0 saturated carbocycles. The van der Waals surface area contributed by atoms with Crippen LogP contribution in [0.25, 0.3) is 5.69 Å². The standard InChI is InChI=1S/C20H27N5O2/c1-14-12-15(2)25(23-14)18-6-4-16(5-7-18)20(27)22-17-8-10-24(11-9-17)13-19(26)21-3/h4-7,12,17H,8-11,13H2,1-3H3,(H,21,26)(H,22,27). The minimum absolute atomic E-state index is 0.0280. The molecular formula is C20H27N5O2. The fourth-order valence-corrected chi connectivity index (χ4v) is 3.43. The van der Waals surface area contributed by atoms with E-state index in [0.29, 0.717) is 12.1 Å². The van der Waals surface area contributed by atoms with Crippen LogP contribution in [0, 0.1) is 13.8 Å². The van der Waals surface area contributed by atoms with Crippen LogP contribution in [0.4, 0.5) is 0 Å². The van der Waals surface area contributed by atoms with Gasteiger partial charge in [-0.3, -0.25) is 14.5 Å². The number of benzene rings is 1. The summed E-state index contributed by atoms with van der Waals surface area (Å²) in [5.41, 5.74) is 3.62. The third kappa shape index (κ3) is 4.74. The van der Waals surface area contributed by atoms with Gasteiger partial charge < -0.3 is 10.6 Å². The lowest BCUT2D eigenvalue weighted by Crippen LogP contribution is -2.47. The summed E-state index contributed by atoms with van der Waals surface area (Å²) in [6, 6.07) is 9.68. The number of likely N-dealkylation sites (tertiary alicyclic amines) is 1. The van der Waals surface area contributed by atoms with E-state index in [9.17, 15) is 9.59 Å². The SMILES string of the molecule is CNC(=O)CN1CCC(NC(=O)c2ccc(-n3nc(C)cc3C)cc2)CC1. The van der Waals surface area contributed by atoms with Gasteiger partial charge in [-0.25, -0.2) is 4.68 Å². The Hall–Kier alpha value is -2.67. The maximum absolute atomic E-state index is 12.5. The lowest BCUT2D eigenvalue weighted by molar-refractivity contribution is -0.122. The number of hydrogen-bond donors (Lipinski definition) is 2. The number of aryl methyl sites for hydroxylation is 2. The zero-order valence-corrected chi connectivity index (χ0v) is 16.2. The molecule has 0 spiro atoms. The fraction of sp³-hybridized carbons (Fsp3) is 0.450. The minimum Gasteiger partial charge on any atom is -0.358 e. The molecule has 0 radical (unpaired) electrons. The number of piperidine rings is 1. The van der Waals surface area contributed by atoms with Crippen molar-refractivity contribution in [2.75, 3.05) is 26.7 Å². The maximum Gasteiger partial charge on any atom is 0.251 e. The summed E-state index contributed by atoms with van der Waals surface area (Å²) in [7, 11) is 1.65. The molecular weight excluding hydrogens is 342 g/mol. The van der Waals surface area contributed by atoms with Gasteiger partial charge >= 0.3 is 0 Å². The van der Waals surface area contributed by atoms with E-state index in [2.05, 4.69) is 20.6 Å². The smallest absolute Gasteiger partial charge is 0.251 e. The highest BCUT2D eigenvalue weighted by Gasteiger charge is 2.22. The Morgan fingerprint density at radius 1 is 1.15 bits per heavy atom. The van der Waals surface area contributed by atoms with E-state index < -0.39 is 0 Å². The van der Waals surface area contributed by atoms with Crippen LogP contribution in [0.15, 0.2) is 30.3 Å². The molecule has 0 aliphatic carbocycles. The molecule has 27 heavy (non-hydrogen) atoms. The van der Waals surface area contributed by atoms with Crippen LogP contribution in [0.2, 0.25) is 0 Å². The van der Waals surface area contributed by atoms with Gasteiger partial charge in [-0.1, -0.05) is 0 Å². The molecule has 1 fully saturated rings. The van der Waals surface area contributed by atoms with Gasteiger partial charge in [0.05, 0.1) is 17.9 Å². The summed E-state index contributed by atoms with van der Waals surface area (Å²) < 4.78 is 1.87. The van der Waals surface area contributed by atoms with Gasteiger partial charge in [0.1, 0.15) is 0 Å². The topological polar surface area (TPSA) is 79.3 Å². The van der Waals surface area contributed by atoms with E-state index >= 15 is 0 Å². The summed E-state index contributed by atoms with van der Waals surface area (Å²) in [4.78, 5) is 26.1. The lowest BCUT2D eigenvalue weighted by Gasteiger charge is -2.31. The summed E-state index contributed by atoms with van der Waals surface area (Å²) in [6.45, 7) is 6.03. The van der Waals surface area contributed by atoms with E-state index in [1.165, 1.54) is 0 Å². The Labute approximate surface area is 159 Å².